The van der Waals surface area contributed by atoms with Gasteiger partial charge in [0.15, 0.2) is 17.6 Å². The van der Waals surface area contributed by atoms with E-state index in [2.05, 4.69) is 5.32 Å². The highest BCUT2D eigenvalue weighted by Crippen LogP contribution is 2.32. The van der Waals surface area contributed by atoms with Crippen LogP contribution in [0.2, 0.25) is 0 Å². The summed E-state index contributed by atoms with van der Waals surface area (Å²) in [5.74, 6) is 0.775. The fraction of sp³-hybridized carbons (Fsp3) is 0.533. The number of rotatable bonds is 9. The molecule has 112 valence electrons. The highest BCUT2D eigenvalue weighted by molar-refractivity contribution is 5.79. The lowest BCUT2D eigenvalue weighted by atomic mass is 10.1. The maximum atomic E-state index is 11.4. The molecule has 5 heteroatoms. The molecule has 1 atom stereocenters. The summed E-state index contributed by atoms with van der Waals surface area (Å²) in [5.41, 5.74) is 6.30. The molecule has 0 aromatic heterocycles. The zero-order valence-corrected chi connectivity index (χ0v) is 12.4. The van der Waals surface area contributed by atoms with Gasteiger partial charge in [-0.15, -0.1) is 0 Å². The average molecular weight is 280 g/mol. The quantitative estimate of drug-likeness (QED) is 0.724. The lowest BCUT2D eigenvalue weighted by molar-refractivity contribution is -0.124. The van der Waals surface area contributed by atoms with Gasteiger partial charge in [-0.1, -0.05) is 26.0 Å². The van der Waals surface area contributed by atoms with Crippen molar-refractivity contribution in [2.45, 2.75) is 39.8 Å². The molecule has 0 aliphatic carbocycles. The summed E-state index contributed by atoms with van der Waals surface area (Å²) in [6.07, 6.45) is -0.117. The lowest BCUT2D eigenvalue weighted by Gasteiger charge is -2.20. The van der Waals surface area contributed by atoms with Crippen LogP contribution in [-0.2, 0) is 11.3 Å². The number of nitrogens with one attached hydrogen (secondary N) is 1. The summed E-state index contributed by atoms with van der Waals surface area (Å²) >= 11 is 0. The molecular formula is C15H24N2O3. The summed E-state index contributed by atoms with van der Waals surface area (Å²) in [6, 6.07) is 5.70. The van der Waals surface area contributed by atoms with E-state index < -0.39 is 12.0 Å². The van der Waals surface area contributed by atoms with Crippen LogP contribution in [0.1, 0.15) is 32.8 Å². The number of amides is 1. The second kappa shape index (κ2) is 8.43. The van der Waals surface area contributed by atoms with E-state index in [1.165, 1.54) is 0 Å². The van der Waals surface area contributed by atoms with Crippen molar-refractivity contribution in [3.8, 4) is 11.5 Å². The van der Waals surface area contributed by atoms with E-state index >= 15 is 0 Å². The Hall–Kier alpha value is -1.75. The molecule has 3 N–H and O–H groups in total. The van der Waals surface area contributed by atoms with Gasteiger partial charge < -0.3 is 20.5 Å². The molecule has 0 aliphatic rings. The first kappa shape index (κ1) is 16.3. The Balaban J connectivity index is 3.05. The van der Waals surface area contributed by atoms with Crippen LogP contribution in [0.5, 0.6) is 11.5 Å². The second-order valence-electron chi connectivity index (χ2n) is 4.37. The predicted molar refractivity (Wildman–Crippen MR) is 78.9 cm³/mol. The van der Waals surface area contributed by atoms with Gasteiger partial charge in [-0.3, -0.25) is 4.79 Å². The number of primary amides is 1. The third-order valence-corrected chi connectivity index (χ3v) is 2.87. The number of hydrogen-bond donors (Lipinski definition) is 2. The molecule has 0 spiro atoms. The van der Waals surface area contributed by atoms with Crippen LogP contribution in [0.4, 0.5) is 0 Å². The number of benzene rings is 1. The van der Waals surface area contributed by atoms with Crippen molar-refractivity contribution in [3.63, 3.8) is 0 Å². The van der Waals surface area contributed by atoms with E-state index in [4.69, 9.17) is 15.2 Å². The number of hydrogen-bond acceptors (Lipinski definition) is 4. The van der Waals surface area contributed by atoms with Crippen LogP contribution in [0.15, 0.2) is 18.2 Å². The maximum absolute atomic E-state index is 11.4. The molecule has 20 heavy (non-hydrogen) atoms. The molecule has 0 aliphatic heterocycles. The third kappa shape index (κ3) is 4.42. The molecule has 5 nitrogen and oxygen atoms in total. The van der Waals surface area contributed by atoms with Crippen molar-refractivity contribution < 1.29 is 14.3 Å². The first-order chi connectivity index (χ1) is 9.63. The molecule has 1 unspecified atom stereocenters. The van der Waals surface area contributed by atoms with E-state index in [-0.39, 0.29) is 0 Å². The Labute approximate surface area is 120 Å². The predicted octanol–water partition coefficient (Wildman–Crippen LogP) is 1.84. The van der Waals surface area contributed by atoms with Gasteiger partial charge >= 0.3 is 0 Å². The Morgan fingerprint density at radius 3 is 2.65 bits per heavy atom. The van der Waals surface area contributed by atoms with Gasteiger partial charge in [-0.05, 0) is 26.0 Å². The van der Waals surface area contributed by atoms with Crippen molar-refractivity contribution in [1.82, 2.24) is 5.32 Å². The van der Waals surface area contributed by atoms with Crippen molar-refractivity contribution in [2.75, 3.05) is 13.2 Å². The molecule has 1 rings (SSSR count). The smallest absolute Gasteiger partial charge is 0.258 e. The third-order valence-electron chi connectivity index (χ3n) is 2.87. The van der Waals surface area contributed by atoms with Crippen LogP contribution in [-0.4, -0.2) is 25.2 Å². The van der Waals surface area contributed by atoms with Crippen molar-refractivity contribution in [1.29, 1.82) is 0 Å². The van der Waals surface area contributed by atoms with Crippen molar-refractivity contribution >= 4 is 5.91 Å². The lowest BCUT2D eigenvalue weighted by Crippen LogP contribution is -2.33. The number of carbonyl (C=O) groups excluding carboxylic acids is 1. The highest BCUT2D eigenvalue weighted by atomic mass is 16.5. The van der Waals surface area contributed by atoms with E-state index in [0.717, 1.165) is 12.1 Å². The van der Waals surface area contributed by atoms with Crippen LogP contribution < -0.4 is 20.5 Å². The monoisotopic (exact) mass is 280 g/mol. The van der Waals surface area contributed by atoms with Gasteiger partial charge in [0, 0.05) is 12.1 Å². The van der Waals surface area contributed by atoms with E-state index in [0.29, 0.717) is 31.1 Å². The van der Waals surface area contributed by atoms with E-state index in [1.54, 1.807) is 0 Å². The molecule has 1 amide bonds. The van der Waals surface area contributed by atoms with Gasteiger partial charge in [0.2, 0.25) is 0 Å². The topological polar surface area (TPSA) is 73.6 Å². The molecule has 0 bridgehead atoms. The van der Waals surface area contributed by atoms with Gasteiger partial charge in [-0.25, -0.2) is 0 Å². The van der Waals surface area contributed by atoms with Gasteiger partial charge in [0.05, 0.1) is 6.61 Å². The minimum absolute atomic E-state index is 0.465. The van der Waals surface area contributed by atoms with Crippen LogP contribution in [0.25, 0.3) is 0 Å². The molecular weight excluding hydrogens is 256 g/mol. The Kier molecular flexibility index (Phi) is 6.87. The molecule has 1 aromatic rings. The minimum Gasteiger partial charge on any atom is -0.490 e. The Bertz CT molecular complexity index is 435. The Morgan fingerprint density at radius 1 is 1.35 bits per heavy atom. The standard InChI is InChI=1S/C15H24N2O3/c1-4-12(15(16)18)20-14-11(10-17-5-2)8-7-9-13(14)19-6-3/h7-9,12,17H,4-6,10H2,1-3H3,(H2,16,18). The summed E-state index contributed by atoms with van der Waals surface area (Å²) in [4.78, 5) is 11.4. The number of carbonyl (C=O) groups is 1. The Morgan fingerprint density at radius 2 is 2.10 bits per heavy atom. The molecule has 0 radical (unpaired) electrons. The largest absolute Gasteiger partial charge is 0.490 e. The average Bonchev–Trinajstić information content (AvgIpc) is 2.43. The fourth-order valence-electron chi connectivity index (χ4n) is 1.85. The summed E-state index contributed by atoms with van der Waals surface area (Å²) in [6.45, 7) is 7.85. The molecule has 0 fully saturated rings. The first-order valence-electron chi connectivity index (χ1n) is 7.05. The summed E-state index contributed by atoms with van der Waals surface area (Å²) < 4.78 is 11.4. The fourth-order valence-corrected chi connectivity index (χ4v) is 1.85. The van der Waals surface area contributed by atoms with Crippen LogP contribution in [0.3, 0.4) is 0 Å². The van der Waals surface area contributed by atoms with Crippen molar-refractivity contribution in [2.24, 2.45) is 5.73 Å². The van der Waals surface area contributed by atoms with Gasteiger partial charge in [0.25, 0.3) is 5.91 Å². The van der Waals surface area contributed by atoms with Gasteiger partial charge in [-0.2, -0.15) is 0 Å². The van der Waals surface area contributed by atoms with Crippen LogP contribution >= 0.6 is 0 Å². The van der Waals surface area contributed by atoms with Crippen LogP contribution in [0, 0.1) is 0 Å². The summed E-state index contributed by atoms with van der Waals surface area (Å²) in [5, 5.41) is 3.24. The number of nitrogens with two attached hydrogens (primary N) is 1. The second-order valence-corrected chi connectivity index (χ2v) is 4.37. The molecule has 0 saturated carbocycles. The first-order valence-corrected chi connectivity index (χ1v) is 7.05. The number of para-hydroxylation sites is 1. The number of ether oxygens (including phenoxy) is 2. The van der Waals surface area contributed by atoms with E-state index in [1.807, 2.05) is 39.0 Å². The zero-order chi connectivity index (χ0) is 15.0. The minimum atomic E-state index is -0.642. The normalized spacial score (nSPS) is 11.9. The molecule has 0 heterocycles. The SMILES string of the molecule is CCNCc1cccc(OCC)c1OC(CC)C(N)=O. The molecule has 1 aromatic carbocycles. The molecule has 0 saturated heterocycles. The zero-order valence-electron chi connectivity index (χ0n) is 12.4. The van der Waals surface area contributed by atoms with Crippen molar-refractivity contribution in [3.05, 3.63) is 23.8 Å². The maximum Gasteiger partial charge on any atom is 0.258 e. The highest BCUT2D eigenvalue weighted by Gasteiger charge is 2.19. The van der Waals surface area contributed by atoms with E-state index in [9.17, 15) is 4.79 Å². The summed E-state index contributed by atoms with van der Waals surface area (Å²) in [7, 11) is 0. The van der Waals surface area contributed by atoms with Gasteiger partial charge in [0.1, 0.15) is 0 Å².